The molecule has 0 nitrogen and oxygen atoms in total. The van der Waals surface area contributed by atoms with Crippen molar-refractivity contribution in [3.05, 3.63) is 35.9 Å². The molecular formula is C7H8INa. The second-order valence-corrected chi connectivity index (χ2v) is 2.38. The van der Waals surface area contributed by atoms with Crippen LogP contribution < -0.4 is 0 Å². The average molecular weight is 242 g/mol. The summed E-state index contributed by atoms with van der Waals surface area (Å²) >= 11 is 2.35. The summed E-state index contributed by atoms with van der Waals surface area (Å²) in [6, 6.07) is 10.4. The van der Waals surface area contributed by atoms with Crippen LogP contribution in [0.4, 0.5) is 0 Å². The Bertz CT molecular complexity index is 150. The van der Waals surface area contributed by atoms with Crippen LogP contribution in [0.15, 0.2) is 30.3 Å². The Labute approximate surface area is 91.5 Å². The maximum atomic E-state index is 2.35. The Balaban J connectivity index is 0.000000640. The normalized spacial score (nSPS) is 8.11. The molecule has 0 spiro atoms. The molecule has 1 rings (SSSR count). The molecule has 1 aromatic carbocycles. The molecule has 0 heterocycles. The second-order valence-electron chi connectivity index (χ2n) is 1.62. The Kier molecular flexibility index (Phi) is 6.32. The van der Waals surface area contributed by atoms with Crippen LogP contribution in [0.25, 0.3) is 0 Å². The van der Waals surface area contributed by atoms with Crippen LogP contribution in [0.2, 0.25) is 0 Å². The molecular weight excluding hydrogens is 234 g/mol. The summed E-state index contributed by atoms with van der Waals surface area (Å²) in [6.07, 6.45) is 0. The monoisotopic (exact) mass is 242 g/mol. The molecule has 0 aromatic heterocycles. The van der Waals surface area contributed by atoms with Crippen LogP contribution in [0.5, 0.6) is 0 Å². The molecule has 0 aliphatic heterocycles. The van der Waals surface area contributed by atoms with Gasteiger partial charge in [-0.05, 0) is 5.56 Å². The number of alkyl halides is 1. The standard InChI is InChI=1S/C7H7I.Na.H/c8-6-7-4-2-1-3-5-7;;/h1-5H,6H2;;. The SMILES string of the molecule is ICc1ccccc1.[NaH]. The fourth-order valence-electron chi connectivity index (χ4n) is 0.567. The molecule has 0 radical (unpaired) electrons. The number of hydrogen-bond donors (Lipinski definition) is 0. The van der Waals surface area contributed by atoms with Gasteiger partial charge in [-0.1, -0.05) is 52.9 Å². The molecule has 9 heavy (non-hydrogen) atoms. The zero-order valence-electron chi connectivity index (χ0n) is 4.47. The first-order valence-electron chi connectivity index (χ1n) is 2.53. The van der Waals surface area contributed by atoms with Crippen molar-refractivity contribution in [2.24, 2.45) is 0 Å². The van der Waals surface area contributed by atoms with Gasteiger partial charge in [0, 0.05) is 4.43 Å². The van der Waals surface area contributed by atoms with E-state index in [1.165, 1.54) is 5.56 Å². The maximum absolute atomic E-state index is 2.35. The van der Waals surface area contributed by atoms with Gasteiger partial charge < -0.3 is 0 Å². The molecule has 0 bridgehead atoms. The summed E-state index contributed by atoms with van der Waals surface area (Å²) in [4.78, 5) is 0. The van der Waals surface area contributed by atoms with Crippen molar-refractivity contribution in [2.75, 3.05) is 0 Å². The van der Waals surface area contributed by atoms with E-state index in [1.807, 2.05) is 6.07 Å². The van der Waals surface area contributed by atoms with Crippen LogP contribution in [-0.2, 0) is 4.43 Å². The van der Waals surface area contributed by atoms with Crippen molar-refractivity contribution in [3.8, 4) is 0 Å². The topological polar surface area (TPSA) is 0 Å². The Morgan fingerprint density at radius 3 is 2.00 bits per heavy atom. The Hall–Kier alpha value is 0.950. The van der Waals surface area contributed by atoms with Crippen LogP contribution in [0.3, 0.4) is 0 Å². The zero-order chi connectivity index (χ0) is 5.82. The van der Waals surface area contributed by atoms with Crippen LogP contribution in [-0.4, -0.2) is 29.6 Å². The quantitative estimate of drug-likeness (QED) is 0.401. The molecule has 0 saturated carbocycles. The van der Waals surface area contributed by atoms with E-state index in [0.29, 0.717) is 0 Å². The van der Waals surface area contributed by atoms with E-state index in [0.717, 1.165) is 4.43 Å². The average Bonchev–Trinajstić information content (AvgIpc) is 1.90. The van der Waals surface area contributed by atoms with Crippen LogP contribution in [0.1, 0.15) is 5.56 Å². The summed E-state index contributed by atoms with van der Waals surface area (Å²) in [5.41, 5.74) is 1.40. The number of rotatable bonds is 1. The van der Waals surface area contributed by atoms with E-state index in [4.69, 9.17) is 0 Å². The van der Waals surface area contributed by atoms with Crippen molar-refractivity contribution in [1.29, 1.82) is 0 Å². The van der Waals surface area contributed by atoms with Gasteiger partial charge in [-0.15, -0.1) is 0 Å². The van der Waals surface area contributed by atoms with Gasteiger partial charge in [-0.3, -0.25) is 0 Å². The van der Waals surface area contributed by atoms with Crippen molar-refractivity contribution in [2.45, 2.75) is 4.43 Å². The zero-order valence-corrected chi connectivity index (χ0v) is 6.63. The van der Waals surface area contributed by atoms with Gasteiger partial charge in [0.1, 0.15) is 0 Å². The number of benzene rings is 1. The summed E-state index contributed by atoms with van der Waals surface area (Å²) in [5.74, 6) is 0. The summed E-state index contributed by atoms with van der Waals surface area (Å²) in [6.45, 7) is 0. The molecule has 0 fully saturated rings. The number of hydrogen-bond acceptors (Lipinski definition) is 0. The molecule has 1 aromatic rings. The van der Waals surface area contributed by atoms with Crippen molar-refractivity contribution < 1.29 is 0 Å². The van der Waals surface area contributed by atoms with E-state index >= 15 is 0 Å². The molecule has 0 amide bonds. The third-order valence-corrected chi connectivity index (χ3v) is 1.88. The van der Waals surface area contributed by atoms with Gasteiger partial charge in [-0.2, -0.15) is 0 Å². The van der Waals surface area contributed by atoms with E-state index in [9.17, 15) is 0 Å². The molecule has 0 N–H and O–H groups in total. The van der Waals surface area contributed by atoms with Gasteiger partial charge in [0.25, 0.3) is 0 Å². The molecule has 0 atom stereocenters. The fourth-order valence-corrected chi connectivity index (χ4v) is 1.08. The third kappa shape index (κ3) is 3.61. The van der Waals surface area contributed by atoms with Crippen LogP contribution in [0, 0.1) is 0 Å². The van der Waals surface area contributed by atoms with Gasteiger partial charge in [0.2, 0.25) is 0 Å². The summed E-state index contributed by atoms with van der Waals surface area (Å²) in [5, 5.41) is 0. The van der Waals surface area contributed by atoms with Gasteiger partial charge in [0.15, 0.2) is 0 Å². The van der Waals surface area contributed by atoms with Gasteiger partial charge in [0.05, 0.1) is 0 Å². The van der Waals surface area contributed by atoms with E-state index in [-0.39, 0.29) is 29.6 Å². The molecule has 44 valence electrons. The minimum absolute atomic E-state index is 0. The van der Waals surface area contributed by atoms with E-state index in [1.54, 1.807) is 0 Å². The van der Waals surface area contributed by atoms with Crippen molar-refractivity contribution in [3.63, 3.8) is 0 Å². The molecule has 2 heteroatoms. The predicted molar refractivity (Wildman–Crippen MR) is 51.3 cm³/mol. The molecule has 0 saturated heterocycles. The van der Waals surface area contributed by atoms with Crippen molar-refractivity contribution >= 4 is 52.1 Å². The fraction of sp³-hybridized carbons (Fsp3) is 0.143. The summed E-state index contributed by atoms with van der Waals surface area (Å²) < 4.78 is 1.11. The molecule has 0 aliphatic carbocycles. The minimum atomic E-state index is 0. The second kappa shape index (κ2) is 5.71. The van der Waals surface area contributed by atoms with E-state index < -0.39 is 0 Å². The Morgan fingerprint density at radius 2 is 1.67 bits per heavy atom. The first kappa shape index (κ1) is 9.95. The first-order chi connectivity index (χ1) is 3.93. The van der Waals surface area contributed by atoms with E-state index in [2.05, 4.69) is 46.9 Å². The van der Waals surface area contributed by atoms with Gasteiger partial charge >= 0.3 is 29.6 Å². The van der Waals surface area contributed by atoms with Crippen molar-refractivity contribution in [1.82, 2.24) is 0 Å². The first-order valence-corrected chi connectivity index (χ1v) is 4.06. The Morgan fingerprint density at radius 1 is 1.11 bits per heavy atom. The molecule has 0 aliphatic rings. The number of halogens is 1. The molecule has 0 unspecified atom stereocenters. The summed E-state index contributed by atoms with van der Waals surface area (Å²) in [7, 11) is 0. The third-order valence-electron chi connectivity index (χ3n) is 0.997. The predicted octanol–water partition coefficient (Wildman–Crippen LogP) is 1.97. The van der Waals surface area contributed by atoms with Crippen LogP contribution >= 0.6 is 22.6 Å². The van der Waals surface area contributed by atoms with Gasteiger partial charge in [-0.25, -0.2) is 0 Å².